The lowest BCUT2D eigenvalue weighted by molar-refractivity contribution is -0.121. The number of nitrogens with one attached hydrogen (secondary N) is 1. The Morgan fingerprint density at radius 3 is 2.95 bits per heavy atom. The fourth-order valence-electron chi connectivity index (χ4n) is 1.81. The van der Waals surface area contributed by atoms with E-state index in [9.17, 15) is 4.79 Å². The highest BCUT2D eigenvalue weighted by atomic mass is 35.5. The largest absolute Gasteiger partial charge is 0.384 e. The molecule has 0 saturated heterocycles. The number of aryl methyl sites for hydroxylation is 2. The zero-order valence-electron chi connectivity index (χ0n) is 11.2. The van der Waals surface area contributed by atoms with Crippen molar-refractivity contribution >= 4 is 23.3 Å². The van der Waals surface area contributed by atoms with E-state index in [0.29, 0.717) is 23.9 Å². The Balaban J connectivity index is 1.69. The molecule has 0 spiro atoms. The van der Waals surface area contributed by atoms with Gasteiger partial charge in [-0.25, -0.2) is 4.68 Å². The molecular weight excluding hydrogens is 280 g/mol. The van der Waals surface area contributed by atoms with Crippen LogP contribution in [0.5, 0.6) is 0 Å². The first-order valence-electron chi connectivity index (χ1n) is 6.29. The molecule has 0 aliphatic carbocycles. The Morgan fingerprint density at radius 1 is 1.55 bits per heavy atom. The molecule has 108 valence electrons. The number of nitrogen functional groups attached to an aromatic ring is 1. The van der Waals surface area contributed by atoms with Crippen LogP contribution in [0.2, 0.25) is 5.02 Å². The minimum Gasteiger partial charge on any atom is -0.384 e. The second-order valence-corrected chi connectivity index (χ2v) is 4.93. The molecule has 3 N–H and O–H groups in total. The van der Waals surface area contributed by atoms with Gasteiger partial charge < -0.3 is 11.1 Å². The van der Waals surface area contributed by atoms with Crippen LogP contribution in [-0.2, 0) is 17.9 Å². The molecule has 20 heavy (non-hydrogen) atoms. The molecule has 0 bridgehead atoms. The summed E-state index contributed by atoms with van der Waals surface area (Å²) >= 11 is 5.76. The van der Waals surface area contributed by atoms with Gasteiger partial charge in [-0.05, 0) is 13.3 Å². The lowest BCUT2D eigenvalue weighted by Gasteiger charge is -2.06. The van der Waals surface area contributed by atoms with Crippen molar-refractivity contribution in [2.24, 2.45) is 0 Å². The van der Waals surface area contributed by atoms with E-state index >= 15 is 0 Å². The van der Waals surface area contributed by atoms with Crippen molar-refractivity contribution in [1.82, 2.24) is 24.9 Å². The second-order valence-electron chi connectivity index (χ2n) is 4.49. The molecule has 0 unspecified atom stereocenters. The molecule has 7 nitrogen and oxygen atoms in total. The summed E-state index contributed by atoms with van der Waals surface area (Å²) in [7, 11) is 0. The second kappa shape index (κ2) is 6.42. The maximum absolute atomic E-state index is 11.7. The first-order valence-corrected chi connectivity index (χ1v) is 6.67. The van der Waals surface area contributed by atoms with E-state index in [-0.39, 0.29) is 12.5 Å². The van der Waals surface area contributed by atoms with Gasteiger partial charge in [-0.15, -0.1) is 0 Å². The third kappa shape index (κ3) is 3.99. The van der Waals surface area contributed by atoms with Gasteiger partial charge in [0, 0.05) is 25.4 Å². The minimum absolute atomic E-state index is 0.113. The average molecular weight is 297 g/mol. The molecule has 2 heterocycles. The monoisotopic (exact) mass is 296 g/mol. The molecule has 0 radical (unpaired) electrons. The number of carbonyl (C=O) groups excluding carboxylic acids is 1. The van der Waals surface area contributed by atoms with Crippen molar-refractivity contribution in [3.63, 3.8) is 0 Å². The number of rotatable bonds is 6. The lowest BCUT2D eigenvalue weighted by Crippen LogP contribution is -2.29. The summed E-state index contributed by atoms with van der Waals surface area (Å²) in [5.74, 6) is 0.377. The van der Waals surface area contributed by atoms with Gasteiger partial charge in [0.1, 0.15) is 12.4 Å². The normalized spacial score (nSPS) is 10.7. The van der Waals surface area contributed by atoms with Gasteiger partial charge in [0.05, 0.1) is 16.9 Å². The summed E-state index contributed by atoms with van der Waals surface area (Å²) in [5.41, 5.74) is 6.52. The van der Waals surface area contributed by atoms with E-state index in [0.717, 1.165) is 12.1 Å². The molecule has 0 fully saturated rings. The number of carbonyl (C=O) groups is 1. The van der Waals surface area contributed by atoms with Gasteiger partial charge in [0.25, 0.3) is 0 Å². The van der Waals surface area contributed by atoms with Crippen LogP contribution in [0.25, 0.3) is 0 Å². The maximum Gasteiger partial charge on any atom is 0.241 e. The summed E-state index contributed by atoms with van der Waals surface area (Å²) in [6.07, 6.45) is 4.11. The fourth-order valence-corrected chi connectivity index (χ4v) is 1.97. The molecule has 0 aliphatic rings. The van der Waals surface area contributed by atoms with E-state index in [1.165, 1.54) is 4.68 Å². The van der Waals surface area contributed by atoms with Crippen LogP contribution in [-0.4, -0.2) is 32.0 Å². The quantitative estimate of drug-likeness (QED) is 0.773. The SMILES string of the molecule is Cc1cc(N)n(CC(=O)NCCCn2cc(Cl)cn2)n1. The maximum atomic E-state index is 11.7. The molecule has 0 aliphatic heterocycles. The van der Waals surface area contributed by atoms with E-state index in [2.05, 4.69) is 15.5 Å². The van der Waals surface area contributed by atoms with Gasteiger partial charge >= 0.3 is 0 Å². The van der Waals surface area contributed by atoms with Gasteiger partial charge in [0.15, 0.2) is 0 Å². The highest BCUT2D eigenvalue weighted by Crippen LogP contribution is 2.05. The predicted octanol–water partition coefficient (Wildman–Crippen LogP) is 0.830. The summed E-state index contributed by atoms with van der Waals surface area (Å²) in [6.45, 7) is 3.24. The van der Waals surface area contributed by atoms with Crippen LogP contribution in [0.3, 0.4) is 0 Å². The van der Waals surface area contributed by atoms with Crippen molar-refractivity contribution < 1.29 is 4.79 Å². The van der Waals surface area contributed by atoms with E-state index < -0.39 is 0 Å². The van der Waals surface area contributed by atoms with Crippen molar-refractivity contribution in [3.8, 4) is 0 Å². The first-order chi connectivity index (χ1) is 9.54. The first kappa shape index (κ1) is 14.4. The van der Waals surface area contributed by atoms with Gasteiger partial charge in [-0.3, -0.25) is 9.48 Å². The van der Waals surface area contributed by atoms with Crippen molar-refractivity contribution in [3.05, 3.63) is 29.2 Å². The van der Waals surface area contributed by atoms with E-state index in [4.69, 9.17) is 17.3 Å². The highest BCUT2D eigenvalue weighted by molar-refractivity contribution is 6.30. The Morgan fingerprint density at radius 2 is 2.35 bits per heavy atom. The number of nitrogens with two attached hydrogens (primary N) is 1. The Kier molecular flexibility index (Phi) is 4.62. The van der Waals surface area contributed by atoms with Crippen LogP contribution in [0.4, 0.5) is 5.82 Å². The van der Waals surface area contributed by atoms with Crippen LogP contribution in [0, 0.1) is 6.92 Å². The van der Waals surface area contributed by atoms with Crippen molar-refractivity contribution in [1.29, 1.82) is 0 Å². The summed E-state index contributed by atoms with van der Waals surface area (Å²) in [5, 5.41) is 11.6. The van der Waals surface area contributed by atoms with E-state index in [1.54, 1.807) is 23.1 Å². The Labute approximate surface area is 121 Å². The number of hydrogen-bond donors (Lipinski definition) is 2. The fraction of sp³-hybridized carbons (Fsp3) is 0.417. The lowest BCUT2D eigenvalue weighted by atomic mass is 10.4. The molecule has 2 aromatic heterocycles. The molecule has 0 saturated carbocycles. The summed E-state index contributed by atoms with van der Waals surface area (Å²) in [4.78, 5) is 11.7. The number of hydrogen-bond acceptors (Lipinski definition) is 4. The molecule has 8 heteroatoms. The number of anilines is 1. The third-order valence-corrected chi connectivity index (χ3v) is 2.91. The number of aromatic nitrogens is 4. The van der Waals surface area contributed by atoms with Crippen LogP contribution >= 0.6 is 11.6 Å². The van der Waals surface area contributed by atoms with Crippen LogP contribution < -0.4 is 11.1 Å². The topological polar surface area (TPSA) is 90.8 Å². The number of halogens is 1. The van der Waals surface area contributed by atoms with Crippen molar-refractivity contribution in [2.45, 2.75) is 26.4 Å². The van der Waals surface area contributed by atoms with Gasteiger partial charge in [0.2, 0.25) is 5.91 Å². The zero-order chi connectivity index (χ0) is 14.5. The number of amides is 1. The van der Waals surface area contributed by atoms with Crippen LogP contribution in [0.15, 0.2) is 18.5 Å². The van der Waals surface area contributed by atoms with Gasteiger partial charge in [-0.2, -0.15) is 10.2 Å². The molecule has 0 atom stereocenters. The predicted molar refractivity (Wildman–Crippen MR) is 76.2 cm³/mol. The summed E-state index contributed by atoms with van der Waals surface area (Å²) < 4.78 is 3.22. The van der Waals surface area contributed by atoms with Gasteiger partial charge in [-0.1, -0.05) is 11.6 Å². The average Bonchev–Trinajstić information content (AvgIpc) is 2.92. The highest BCUT2D eigenvalue weighted by Gasteiger charge is 2.07. The van der Waals surface area contributed by atoms with Crippen LogP contribution in [0.1, 0.15) is 12.1 Å². The molecule has 2 aromatic rings. The van der Waals surface area contributed by atoms with Crippen molar-refractivity contribution in [2.75, 3.05) is 12.3 Å². The molecular formula is C12H17ClN6O. The number of nitrogens with zero attached hydrogens (tertiary/aromatic N) is 4. The molecule has 1 amide bonds. The van der Waals surface area contributed by atoms with E-state index in [1.807, 2.05) is 6.92 Å². The smallest absolute Gasteiger partial charge is 0.241 e. The zero-order valence-corrected chi connectivity index (χ0v) is 12.0. The Bertz CT molecular complexity index is 591. The molecule has 2 rings (SSSR count). The Hall–Kier alpha value is -2.02. The molecule has 0 aromatic carbocycles. The minimum atomic E-state index is -0.113. The summed E-state index contributed by atoms with van der Waals surface area (Å²) in [6, 6.07) is 1.73. The standard InChI is InChI=1S/C12H17ClN6O/c1-9-5-11(14)19(17-9)8-12(20)15-3-2-4-18-7-10(13)6-16-18/h5-7H,2-4,8,14H2,1H3,(H,15,20). The third-order valence-electron chi connectivity index (χ3n) is 2.71.